The molecule has 156 valence electrons. The predicted octanol–water partition coefficient (Wildman–Crippen LogP) is 4.71. The molecule has 0 saturated carbocycles. The van der Waals surface area contributed by atoms with Crippen LogP contribution in [-0.2, 0) is 4.79 Å². The summed E-state index contributed by atoms with van der Waals surface area (Å²) in [5, 5.41) is 8.85. The Labute approximate surface area is 178 Å². The lowest BCUT2D eigenvalue weighted by molar-refractivity contribution is -0.131. The first-order valence-electron chi connectivity index (χ1n) is 9.93. The minimum atomic E-state index is -0.428. The van der Waals surface area contributed by atoms with Crippen molar-refractivity contribution in [3.8, 4) is 17.1 Å². The summed E-state index contributed by atoms with van der Waals surface area (Å²) in [7, 11) is 0. The summed E-state index contributed by atoms with van der Waals surface area (Å²) in [5.41, 5.74) is 0.887. The average Bonchev–Trinajstić information content (AvgIpc) is 3.17. The molecule has 1 unspecified atom stereocenters. The lowest BCUT2D eigenvalue weighted by Crippen LogP contribution is -2.42. The van der Waals surface area contributed by atoms with Gasteiger partial charge >= 0.3 is 0 Å². The maximum atomic E-state index is 14.4. The van der Waals surface area contributed by atoms with Gasteiger partial charge < -0.3 is 4.90 Å². The molecule has 1 aliphatic heterocycles. The Morgan fingerprint density at radius 3 is 2.60 bits per heavy atom. The van der Waals surface area contributed by atoms with E-state index >= 15 is 0 Å². The standard InChI is InChI=1S/C22H22F2N4OS/c1-15-6-4-5-13-27(15)20(29)14-30-22-26-25-21(18-7-2-3-8-19(18)24)28(22)17-11-9-16(23)10-12-17/h2-3,7-12,15H,4-6,13-14H2,1H3. The van der Waals surface area contributed by atoms with Gasteiger partial charge in [0.15, 0.2) is 11.0 Å². The van der Waals surface area contributed by atoms with Crippen molar-refractivity contribution in [3.05, 3.63) is 60.2 Å². The Hall–Kier alpha value is -2.74. The molecule has 0 N–H and O–H groups in total. The Morgan fingerprint density at radius 2 is 1.87 bits per heavy atom. The lowest BCUT2D eigenvalue weighted by atomic mass is 10.0. The number of aromatic nitrogens is 3. The maximum Gasteiger partial charge on any atom is 0.233 e. The van der Waals surface area contributed by atoms with Crippen LogP contribution in [0, 0.1) is 11.6 Å². The molecule has 8 heteroatoms. The molecule has 2 aromatic carbocycles. The number of hydrogen-bond acceptors (Lipinski definition) is 4. The summed E-state index contributed by atoms with van der Waals surface area (Å²) < 4.78 is 29.6. The van der Waals surface area contributed by atoms with Gasteiger partial charge in [-0.25, -0.2) is 8.78 Å². The van der Waals surface area contributed by atoms with E-state index in [-0.39, 0.29) is 29.1 Å². The summed E-state index contributed by atoms with van der Waals surface area (Å²) in [5.74, 6) is -0.235. The van der Waals surface area contributed by atoms with Gasteiger partial charge in [-0.2, -0.15) is 0 Å². The van der Waals surface area contributed by atoms with Gasteiger partial charge in [0.25, 0.3) is 0 Å². The van der Waals surface area contributed by atoms with E-state index < -0.39 is 5.82 Å². The van der Waals surface area contributed by atoms with E-state index in [1.54, 1.807) is 34.9 Å². The third-order valence-corrected chi connectivity index (χ3v) is 6.19. The highest BCUT2D eigenvalue weighted by Crippen LogP contribution is 2.30. The SMILES string of the molecule is CC1CCCCN1C(=O)CSc1nnc(-c2ccccc2F)n1-c1ccc(F)cc1. The van der Waals surface area contributed by atoms with Crippen molar-refractivity contribution in [2.75, 3.05) is 12.3 Å². The Bertz CT molecular complexity index is 1040. The number of carbonyl (C=O) groups is 1. The second kappa shape index (κ2) is 8.95. The van der Waals surface area contributed by atoms with Gasteiger partial charge in [0, 0.05) is 18.3 Å². The van der Waals surface area contributed by atoms with Crippen LogP contribution in [0.1, 0.15) is 26.2 Å². The first-order valence-corrected chi connectivity index (χ1v) is 10.9. The summed E-state index contributed by atoms with van der Waals surface area (Å²) in [6, 6.07) is 12.4. The zero-order valence-electron chi connectivity index (χ0n) is 16.6. The maximum absolute atomic E-state index is 14.4. The second-order valence-corrected chi connectivity index (χ2v) is 8.26. The Kier molecular flexibility index (Phi) is 6.13. The van der Waals surface area contributed by atoms with Crippen molar-refractivity contribution in [1.82, 2.24) is 19.7 Å². The number of hydrogen-bond donors (Lipinski definition) is 0. The molecule has 1 aromatic heterocycles. The number of amides is 1. The highest BCUT2D eigenvalue weighted by molar-refractivity contribution is 7.99. The normalized spacial score (nSPS) is 16.6. The fourth-order valence-electron chi connectivity index (χ4n) is 3.68. The van der Waals surface area contributed by atoms with Crippen LogP contribution in [0.3, 0.4) is 0 Å². The van der Waals surface area contributed by atoms with Crippen LogP contribution in [0.4, 0.5) is 8.78 Å². The summed E-state index contributed by atoms with van der Waals surface area (Å²) in [6.07, 6.45) is 3.17. The zero-order valence-corrected chi connectivity index (χ0v) is 17.4. The molecule has 4 rings (SSSR count). The summed E-state index contributed by atoms with van der Waals surface area (Å²) >= 11 is 1.25. The molecule has 1 saturated heterocycles. The molecule has 0 spiro atoms. The number of likely N-dealkylation sites (tertiary alicyclic amines) is 1. The van der Waals surface area contributed by atoms with E-state index in [1.807, 2.05) is 4.90 Å². The van der Waals surface area contributed by atoms with Crippen molar-refractivity contribution in [1.29, 1.82) is 0 Å². The monoisotopic (exact) mass is 428 g/mol. The van der Waals surface area contributed by atoms with Crippen molar-refractivity contribution in [2.45, 2.75) is 37.4 Å². The molecule has 5 nitrogen and oxygen atoms in total. The topological polar surface area (TPSA) is 51.0 Å². The van der Waals surface area contributed by atoms with Gasteiger partial charge in [0.2, 0.25) is 5.91 Å². The Balaban J connectivity index is 1.65. The number of benzene rings is 2. The molecular formula is C22H22F2N4OS. The van der Waals surface area contributed by atoms with E-state index in [1.165, 1.54) is 30.0 Å². The van der Waals surface area contributed by atoms with Crippen LogP contribution >= 0.6 is 11.8 Å². The van der Waals surface area contributed by atoms with E-state index in [0.29, 0.717) is 16.7 Å². The van der Waals surface area contributed by atoms with Gasteiger partial charge in [-0.05, 0) is 62.6 Å². The Morgan fingerprint density at radius 1 is 1.10 bits per heavy atom. The number of piperidine rings is 1. The van der Waals surface area contributed by atoms with Crippen molar-refractivity contribution >= 4 is 17.7 Å². The van der Waals surface area contributed by atoms with E-state index in [0.717, 1.165) is 25.8 Å². The number of nitrogens with zero attached hydrogens (tertiary/aromatic N) is 4. The third kappa shape index (κ3) is 4.23. The zero-order chi connectivity index (χ0) is 21.1. The molecule has 2 heterocycles. The smallest absolute Gasteiger partial charge is 0.233 e. The fraction of sp³-hybridized carbons (Fsp3) is 0.318. The molecule has 1 atom stereocenters. The van der Waals surface area contributed by atoms with Gasteiger partial charge in [0.1, 0.15) is 11.6 Å². The molecule has 1 aliphatic rings. The minimum absolute atomic E-state index is 0.0493. The van der Waals surface area contributed by atoms with Crippen LogP contribution in [-0.4, -0.2) is 43.9 Å². The first kappa shape index (κ1) is 20.5. The van der Waals surface area contributed by atoms with E-state index in [2.05, 4.69) is 17.1 Å². The van der Waals surface area contributed by atoms with E-state index in [4.69, 9.17) is 0 Å². The number of carbonyl (C=O) groups excluding carboxylic acids is 1. The molecule has 0 radical (unpaired) electrons. The number of rotatable bonds is 5. The molecule has 0 bridgehead atoms. The summed E-state index contributed by atoms with van der Waals surface area (Å²) in [4.78, 5) is 14.7. The van der Waals surface area contributed by atoms with Crippen molar-refractivity contribution in [3.63, 3.8) is 0 Å². The largest absolute Gasteiger partial charge is 0.339 e. The molecule has 0 aliphatic carbocycles. The van der Waals surface area contributed by atoms with Crippen molar-refractivity contribution < 1.29 is 13.6 Å². The molecule has 1 fully saturated rings. The van der Waals surface area contributed by atoms with Crippen molar-refractivity contribution in [2.24, 2.45) is 0 Å². The molecule has 3 aromatic rings. The number of thioether (sulfide) groups is 1. The average molecular weight is 429 g/mol. The van der Waals surface area contributed by atoms with Crippen LogP contribution in [0.25, 0.3) is 17.1 Å². The van der Waals surface area contributed by atoms with Crippen LogP contribution in [0.2, 0.25) is 0 Å². The minimum Gasteiger partial charge on any atom is -0.339 e. The second-order valence-electron chi connectivity index (χ2n) is 7.32. The van der Waals surface area contributed by atoms with E-state index in [9.17, 15) is 13.6 Å². The highest BCUT2D eigenvalue weighted by atomic mass is 32.2. The fourth-order valence-corrected chi connectivity index (χ4v) is 4.52. The predicted molar refractivity (Wildman–Crippen MR) is 112 cm³/mol. The third-order valence-electron chi connectivity index (χ3n) is 5.28. The van der Waals surface area contributed by atoms with Gasteiger partial charge in [0.05, 0.1) is 11.3 Å². The molecular weight excluding hydrogens is 406 g/mol. The van der Waals surface area contributed by atoms with Gasteiger partial charge in [-0.15, -0.1) is 10.2 Å². The first-order chi connectivity index (χ1) is 14.5. The van der Waals surface area contributed by atoms with Crippen LogP contribution in [0.5, 0.6) is 0 Å². The van der Waals surface area contributed by atoms with Gasteiger partial charge in [-0.1, -0.05) is 23.9 Å². The van der Waals surface area contributed by atoms with Crippen LogP contribution in [0.15, 0.2) is 53.7 Å². The molecule has 30 heavy (non-hydrogen) atoms. The molecule has 1 amide bonds. The lowest BCUT2D eigenvalue weighted by Gasteiger charge is -2.33. The van der Waals surface area contributed by atoms with Gasteiger partial charge in [-0.3, -0.25) is 9.36 Å². The number of halogens is 2. The summed E-state index contributed by atoms with van der Waals surface area (Å²) in [6.45, 7) is 2.84. The quantitative estimate of drug-likeness (QED) is 0.553. The highest BCUT2D eigenvalue weighted by Gasteiger charge is 2.25. The van der Waals surface area contributed by atoms with Crippen LogP contribution < -0.4 is 0 Å².